The van der Waals surface area contributed by atoms with Crippen LogP contribution in [-0.4, -0.2) is 32.1 Å². The normalized spacial score (nSPS) is 16.4. The highest BCUT2D eigenvalue weighted by Gasteiger charge is 2.16. The number of aryl methyl sites for hydroxylation is 1. The first-order valence-electron chi connectivity index (χ1n) is 5.46. The van der Waals surface area contributed by atoms with E-state index < -0.39 is 28.7 Å². The highest BCUT2D eigenvalue weighted by atomic mass is 35.5. The standard InChI is InChI=1S/C10H13ClO4S/c1-8-2-4-10(5-3-8)16(13,14)15-7-9(12)6-11/h2-5,9,12H,6-7H2,1H3/i6D2. The predicted octanol–water partition coefficient (Wildman–Crippen LogP) is 1.30. The lowest BCUT2D eigenvalue weighted by Gasteiger charge is -2.08. The van der Waals surface area contributed by atoms with E-state index in [0.717, 1.165) is 5.56 Å². The maximum absolute atomic E-state index is 11.7. The van der Waals surface area contributed by atoms with E-state index >= 15 is 0 Å². The fourth-order valence-corrected chi connectivity index (χ4v) is 1.94. The lowest BCUT2D eigenvalue weighted by molar-refractivity contribution is 0.128. The van der Waals surface area contributed by atoms with Gasteiger partial charge in [0.05, 0.1) is 23.4 Å². The summed E-state index contributed by atoms with van der Waals surface area (Å²) < 4.78 is 41.9. The minimum absolute atomic E-state index is 0.0598. The van der Waals surface area contributed by atoms with Crippen LogP contribution in [0, 0.1) is 6.92 Å². The first-order chi connectivity index (χ1) is 8.13. The summed E-state index contributed by atoms with van der Waals surface area (Å²) in [5.41, 5.74) is 0.895. The van der Waals surface area contributed by atoms with Gasteiger partial charge in [-0.05, 0) is 19.1 Å². The summed E-state index contributed by atoms with van der Waals surface area (Å²) in [6.45, 7) is 1.07. The van der Waals surface area contributed by atoms with Crippen molar-refractivity contribution in [2.24, 2.45) is 0 Å². The van der Waals surface area contributed by atoms with E-state index in [2.05, 4.69) is 4.18 Å². The summed E-state index contributed by atoms with van der Waals surface area (Å²) in [6.07, 6.45) is -1.74. The van der Waals surface area contributed by atoms with E-state index in [9.17, 15) is 13.5 Å². The number of benzene rings is 1. The van der Waals surface area contributed by atoms with Crippen LogP contribution in [0.1, 0.15) is 8.30 Å². The van der Waals surface area contributed by atoms with Gasteiger partial charge in [0.25, 0.3) is 10.1 Å². The van der Waals surface area contributed by atoms with Gasteiger partial charge in [-0.25, -0.2) is 0 Å². The Balaban J connectivity index is 2.75. The summed E-state index contributed by atoms with van der Waals surface area (Å²) in [7, 11) is -4.02. The molecule has 0 fully saturated rings. The highest BCUT2D eigenvalue weighted by Crippen LogP contribution is 2.13. The molecule has 6 heteroatoms. The number of alkyl halides is 1. The van der Waals surface area contributed by atoms with Gasteiger partial charge in [-0.1, -0.05) is 17.7 Å². The molecular formula is C10H13ClO4S. The Bertz CT molecular complexity index is 496. The molecule has 1 aromatic rings. The molecule has 0 spiro atoms. The number of halogens is 1. The number of aliphatic hydroxyl groups is 1. The second-order valence-electron chi connectivity index (χ2n) is 3.18. The molecule has 1 rings (SSSR count). The molecule has 0 bridgehead atoms. The average molecular weight is 267 g/mol. The molecule has 0 aliphatic heterocycles. The third kappa shape index (κ3) is 3.75. The molecule has 90 valence electrons. The molecule has 1 unspecified atom stereocenters. The van der Waals surface area contributed by atoms with Crippen molar-refractivity contribution in [3.63, 3.8) is 0 Å². The average Bonchev–Trinajstić information content (AvgIpc) is 2.25. The summed E-state index contributed by atoms with van der Waals surface area (Å²) in [4.78, 5) is -0.0598. The zero-order valence-corrected chi connectivity index (χ0v) is 10.1. The number of hydrogen-bond donors (Lipinski definition) is 1. The van der Waals surface area contributed by atoms with E-state index in [1.807, 2.05) is 6.92 Å². The van der Waals surface area contributed by atoms with Crippen LogP contribution in [0.4, 0.5) is 0 Å². The van der Waals surface area contributed by atoms with Crippen LogP contribution in [0.5, 0.6) is 0 Å². The molecule has 0 radical (unpaired) electrons. The highest BCUT2D eigenvalue weighted by molar-refractivity contribution is 7.86. The lowest BCUT2D eigenvalue weighted by atomic mass is 10.2. The Morgan fingerprint density at radius 3 is 2.56 bits per heavy atom. The molecule has 16 heavy (non-hydrogen) atoms. The van der Waals surface area contributed by atoms with Crippen LogP contribution in [0.25, 0.3) is 0 Å². The van der Waals surface area contributed by atoms with Crippen molar-refractivity contribution in [3.05, 3.63) is 29.8 Å². The summed E-state index contributed by atoms with van der Waals surface area (Å²) in [5, 5.41) is 9.24. The monoisotopic (exact) mass is 266 g/mol. The van der Waals surface area contributed by atoms with Crippen molar-refractivity contribution in [1.82, 2.24) is 0 Å². The molecule has 0 amide bonds. The van der Waals surface area contributed by atoms with Crippen molar-refractivity contribution >= 4 is 21.7 Å². The van der Waals surface area contributed by atoms with E-state index in [4.69, 9.17) is 14.3 Å². The SMILES string of the molecule is [2H]C([2H])(Cl)C(O)COS(=O)(=O)c1ccc(C)cc1. The fourth-order valence-electron chi connectivity index (χ4n) is 0.959. The van der Waals surface area contributed by atoms with Gasteiger partial charge in [0, 0.05) is 2.74 Å². The van der Waals surface area contributed by atoms with Crippen LogP contribution < -0.4 is 0 Å². The van der Waals surface area contributed by atoms with Crippen LogP contribution in [0.3, 0.4) is 0 Å². The second-order valence-corrected chi connectivity index (χ2v) is 5.01. The van der Waals surface area contributed by atoms with E-state index in [1.54, 1.807) is 12.1 Å². The third-order valence-electron chi connectivity index (χ3n) is 1.82. The van der Waals surface area contributed by atoms with Gasteiger partial charge < -0.3 is 5.11 Å². The molecule has 0 aliphatic carbocycles. The first-order valence-corrected chi connectivity index (χ1v) is 6.24. The molecule has 1 atom stereocenters. The first kappa shape index (κ1) is 10.5. The van der Waals surface area contributed by atoms with Crippen molar-refractivity contribution in [1.29, 1.82) is 0 Å². The van der Waals surface area contributed by atoms with Crippen LogP contribution in [0.2, 0.25) is 0 Å². The van der Waals surface area contributed by atoms with Crippen molar-refractivity contribution in [2.75, 3.05) is 12.4 Å². The Labute approximate surface area is 103 Å². The lowest BCUT2D eigenvalue weighted by Crippen LogP contribution is -2.20. The maximum Gasteiger partial charge on any atom is 0.297 e. The zero-order chi connectivity index (χ0) is 14.0. The smallest absolute Gasteiger partial charge is 0.297 e. The Morgan fingerprint density at radius 2 is 2.06 bits per heavy atom. The minimum atomic E-state index is -4.02. The quantitative estimate of drug-likeness (QED) is 0.645. The van der Waals surface area contributed by atoms with Crippen molar-refractivity contribution in [2.45, 2.75) is 17.9 Å². The van der Waals surface area contributed by atoms with Crippen LogP contribution in [0.15, 0.2) is 29.2 Å². The van der Waals surface area contributed by atoms with E-state index in [0.29, 0.717) is 0 Å². The van der Waals surface area contributed by atoms with E-state index in [1.165, 1.54) is 12.1 Å². The molecular weight excluding hydrogens is 252 g/mol. The van der Waals surface area contributed by atoms with Crippen molar-refractivity contribution < 1.29 is 20.4 Å². The molecule has 4 nitrogen and oxygen atoms in total. The van der Waals surface area contributed by atoms with Gasteiger partial charge in [-0.2, -0.15) is 8.42 Å². The van der Waals surface area contributed by atoms with Crippen LogP contribution in [-0.2, 0) is 14.3 Å². The Hall–Kier alpha value is -0.620. The van der Waals surface area contributed by atoms with Gasteiger partial charge >= 0.3 is 0 Å². The van der Waals surface area contributed by atoms with Gasteiger partial charge in [-0.15, -0.1) is 11.6 Å². The van der Waals surface area contributed by atoms with Gasteiger partial charge in [0.2, 0.25) is 0 Å². The molecule has 0 saturated heterocycles. The molecule has 0 aromatic heterocycles. The predicted molar refractivity (Wildman–Crippen MR) is 61.0 cm³/mol. The fraction of sp³-hybridized carbons (Fsp3) is 0.400. The zero-order valence-electron chi connectivity index (χ0n) is 10.6. The number of rotatable bonds is 5. The molecule has 0 saturated carbocycles. The number of hydrogen-bond acceptors (Lipinski definition) is 4. The summed E-state index contributed by atoms with van der Waals surface area (Å²) in [6, 6.07) is 5.94. The van der Waals surface area contributed by atoms with Gasteiger partial charge in [0.1, 0.15) is 0 Å². The molecule has 0 heterocycles. The topological polar surface area (TPSA) is 63.6 Å². The maximum atomic E-state index is 11.7. The Morgan fingerprint density at radius 1 is 1.50 bits per heavy atom. The Kier molecular flexibility index (Phi) is 3.71. The minimum Gasteiger partial charge on any atom is -0.389 e. The van der Waals surface area contributed by atoms with Gasteiger partial charge in [-0.3, -0.25) is 4.18 Å². The third-order valence-corrected chi connectivity index (χ3v) is 3.36. The molecule has 1 aromatic carbocycles. The van der Waals surface area contributed by atoms with Gasteiger partial charge in [0.15, 0.2) is 0 Å². The second kappa shape index (κ2) is 5.63. The summed E-state index contributed by atoms with van der Waals surface area (Å²) in [5.74, 6) is -2.44. The molecule has 1 N–H and O–H groups in total. The largest absolute Gasteiger partial charge is 0.389 e. The number of aliphatic hydroxyl groups excluding tert-OH is 1. The van der Waals surface area contributed by atoms with Crippen molar-refractivity contribution in [3.8, 4) is 0 Å². The van der Waals surface area contributed by atoms with Crippen LogP contribution >= 0.6 is 11.6 Å². The molecule has 0 aliphatic rings. The van der Waals surface area contributed by atoms with E-state index in [-0.39, 0.29) is 4.90 Å². The summed E-state index contributed by atoms with van der Waals surface area (Å²) >= 11 is 5.19.